The van der Waals surface area contributed by atoms with Crippen molar-refractivity contribution in [1.29, 1.82) is 0 Å². The van der Waals surface area contributed by atoms with Gasteiger partial charge in [0.05, 0.1) is 5.41 Å². The Bertz CT molecular complexity index is 567. The van der Waals surface area contributed by atoms with Crippen LogP contribution in [0.3, 0.4) is 0 Å². The molecular weight excluding hydrogens is 274 g/mol. The van der Waals surface area contributed by atoms with Gasteiger partial charge >= 0.3 is 5.97 Å². The number of hydrogen-bond donors (Lipinski definition) is 1. The fraction of sp³-hybridized carbons (Fsp3) is 0.600. The van der Waals surface area contributed by atoms with Gasteiger partial charge < -0.3 is 10.0 Å². The first-order chi connectivity index (χ1) is 9.42. The van der Waals surface area contributed by atoms with Crippen LogP contribution in [0.25, 0.3) is 0 Å². The Kier molecular flexibility index (Phi) is 3.12. The summed E-state index contributed by atoms with van der Waals surface area (Å²) in [6.45, 7) is 4.75. The lowest BCUT2D eigenvalue weighted by molar-refractivity contribution is -0.147. The Morgan fingerprint density at radius 2 is 2.25 bits per heavy atom. The topological polar surface area (TPSA) is 57.6 Å². The molecule has 3 atom stereocenters. The quantitative estimate of drug-likeness (QED) is 0.931. The molecule has 1 aliphatic heterocycles. The Morgan fingerprint density at radius 3 is 2.80 bits per heavy atom. The summed E-state index contributed by atoms with van der Waals surface area (Å²) in [6.07, 6.45) is 1.48. The third-order valence-corrected chi connectivity index (χ3v) is 5.80. The molecule has 0 aromatic carbocycles. The zero-order valence-electron chi connectivity index (χ0n) is 11.8. The average Bonchev–Trinajstić information content (AvgIpc) is 2.90. The van der Waals surface area contributed by atoms with Crippen molar-refractivity contribution in [3.05, 3.63) is 21.9 Å². The highest BCUT2D eigenvalue weighted by Crippen LogP contribution is 2.51. The standard InChI is InChI=1S/C15H19NO3S/c1-9-3-6-20-12(9)10-7-11(10)13(17)16-5-4-15(2,8-16)14(18)19/h3,6,10-11H,4-5,7-8H2,1-2H3,(H,18,19). The molecule has 2 aliphatic rings. The summed E-state index contributed by atoms with van der Waals surface area (Å²) in [6, 6.07) is 2.09. The van der Waals surface area contributed by atoms with Gasteiger partial charge in [0.1, 0.15) is 0 Å². The highest BCUT2D eigenvalue weighted by atomic mass is 32.1. The van der Waals surface area contributed by atoms with Gasteiger partial charge in [0.2, 0.25) is 5.91 Å². The Balaban J connectivity index is 1.65. The van der Waals surface area contributed by atoms with Crippen molar-refractivity contribution in [3.8, 4) is 0 Å². The normalized spacial score (nSPS) is 32.4. The molecule has 3 unspecified atom stereocenters. The van der Waals surface area contributed by atoms with Crippen molar-refractivity contribution in [2.24, 2.45) is 11.3 Å². The van der Waals surface area contributed by atoms with Gasteiger partial charge in [0.15, 0.2) is 0 Å². The van der Waals surface area contributed by atoms with Gasteiger partial charge in [-0.2, -0.15) is 0 Å². The zero-order chi connectivity index (χ0) is 14.5. The average molecular weight is 293 g/mol. The molecule has 0 spiro atoms. The van der Waals surface area contributed by atoms with Gasteiger partial charge in [0.25, 0.3) is 0 Å². The van der Waals surface area contributed by atoms with Gasteiger partial charge in [-0.15, -0.1) is 11.3 Å². The number of hydrogen-bond acceptors (Lipinski definition) is 3. The molecule has 3 rings (SSSR count). The number of nitrogens with zero attached hydrogens (tertiary/aromatic N) is 1. The summed E-state index contributed by atoms with van der Waals surface area (Å²) in [4.78, 5) is 26.8. The predicted octanol–water partition coefficient (Wildman–Crippen LogP) is 2.48. The van der Waals surface area contributed by atoms with E-state index < -0.39 is 11.4 Å². The third-order valence-electron chi connectivity index (χ3n) is 4.65. The first kappa shape index (κ1) is 13.6. The summed E-state index contributed by atoms with van der Waals surface area (Å²) in [5.41, 5.74) is 0.505. The molecule has 1 saturated heterocycles. The largest absolute Gasteiger partial charge is 0.481 e. The summed E-state index contributed by atoms with van der Waals surface area (Å²) in [7, 11) is 0. The summed E-state index contributed by atoms with van der Waals surface area (Å²) in [5, 5.41) is 11.3. The Morgan fingerprint density at radius 1 is 1.50 bits per heavy atom. The van der Waals surface area contributed by atoms with Crippen molar-refractivity contribution in [3.63, 3.8) is 0 Å². The van der Waals surface area contributed by atoms with E-state index in [9.17, 15) is 14.7 Å². The van der Waals surface area contributed by atoms with E-state index >= 15 is 0 Å². The second kappa shape index (κ2) is 4.58. The van der Waals surface area contributed by atoms with Gasteiger partial charge in [-0.1, -0.05) is 0 Å². The second-order valence-electron chi connectivity index (χ2n) is 6.29. The molecule has 1 aliphatic carbocycles. The number of carbonyl (C=O) groups is 2. The maximum Gasteiger partial charge on any atom is 0.311 e. The number of thiophene rings is 1. The molecule has 1 saturated carbocycles. The minimum absolute atomic E-state index is 0.0727. The first-order valence-electron chi connectivity index (χ1n) is 6.98. The number of carboxylic acids is 1. The van der Waals surface area contributed by atoms with E-state index in [1.54, 1.807) is 23.2 Å². The lowest BCUT2D eigenvalue weighted by Crippen LogP contribution is -2.35. The van der Waals surface area contributed by atoms with E-state index in [-0.39, 0.29) is 11.8 Å². The molecule has 0 radical (unpaired) electrons. The Labute approximate surface area is 122 Å². The van der Waals surface area contributed by atoms with Crippen LogP contribution in [0.5, 0.6) is 0 Å². The highest BCUT2D eigenvalue weighted by molar-refractivity contribution is 7.10. The monoisotopic (exact) mass is 293 g/mol. The van der Waals surface area contributed by atoms with Crippen molar-refractivity contribution in [2.75, 3.05) is 13.1 Å². The molecule has 4 nitrogen and oxygen atoms in total. The lowest BCUT2D eigenvalue weighted by Gasteiger charge is -2.20. The molecule has 108 valence electrons. The molecule has 1 amide bonds. The van der Waals surface area contributed by atoms with Crippen molar-refractivity contribution < 1.29 is 14.7 Å². The third kappa shape index (κ3) is 2.14. The highest BCUT2D eigenvalue weighted by Gasteiger charge is 2.50. The SMILES string of the molecule is Cc1ccsc1C1CC1C(=O)N1CCC(C)(C(=O)O)C1. The predicted molar refractivity (Wildman–Crippen MR) is 76.8 cm³/mol. The number of amides is 1. The molecule has 5 heteroatoms. The van der Waals surface area contributed by atoms with E-state index in [1.807, 2.05) is 0 Å². The fourth-order valence-corrected chi connectivity index (χ4v) is 4.19. The van der Waals surface area contributed by atoms with Crippen LogP contribution in [0.2, 0.25) is 0 Å². The first-order valence-corrected chi connectivity index (χ1v) is 7.86. The number of aliphatic carboxylic acids is 1. The molecule has 1 N–H and O–H groups in total. The van der Waals surface area contributed by atoms with E-state index in [0.717, 1.165) is 6.42 Å². The summed E-state index contributed by atoms with van der Waals surface area (Å²) < 4.78 is 0. The molecule has 20 heavy (non-hydrogen) atoms. The lowest BCUT2D eigenvalue weighted by atomic mass is 9.90. The van der Waals surface area contributed by atoms with Crippen LogP contribution in [0.4, 0.5) is 0 Å². The molecule has 2 heterocycles. The van der Waals surface area contributed by atoms with E-state index in [1.165, 1.54) is 10.4 Å². The van der Waals surface area contributed by atoms with Crippen LogP contribution in [-0.2, 0) is 9.59 Å². The molecular formula is C15H19NO3S. The van der Waals surface area contributed by atoms with Crippen LogP contribution < -0.4 is 0 Å². The zero-order valence-corrected chi connectivity index (χ0v) is 12.6. The maximum absolute atomic E-state index is 12.5. The number of aryl methyl sites for hydroxylation is 1. The van der Waals surface area contributed by atoms with Crippen LogP contribution in [0, 0.1) is 18.3 Å². The Hall–Kier alpha value is -1.36. The second-order valence-corrected chi connectivity index (χ2v) is 7.24. The van der Waals surface area contributed by atoms with E-state index in [2.05, 4.69) is 18.4 Å². The van der Waals surface area contributed by atoms with E-state index in [4.69, 9.17) is 0 Å². The molecule has 1 aromatic rings. The number of carbonyl (C=O) groups excluding carboxylic acids is 1. The van der Waals surface area contributed by atoms with Crippen LogP contribution >= 0.6 is 11.3 Å². The maximum atomic E-state index is 12.5. The minimum atomic E-state index is -0.797. The van der Waals surface area contributed by atoms with Crippen LogP contribution in [0.1, 0.15) is 36.1 Å². The smallest absolute Gasteiger partial charge is 0.311 e. The molecule has 0 bridgehead atoms. The van der Waals surface area contributed by atoms with Gasteiger partial charge in [-0.05, 0) is 43.7 Å². The fourth-order valence-electron chi connectivity index (χ4n) is 3.08. The van der Waals surface area contributed by atoms with E-state index in [0.29, 0.717) is 25.4 Å². The number of rotatable bonds is 3. The van der Waals surface area contributed by atoms with Gasteiger partial charge in [-0.25, -0.2) is 0 Å². The minimum Gasteiger partial charge on any atom is -0.481 e. The molecule has 1 aromatic heterocycles. The van der Waals surface area contributed by atoms with Crippen molar-refractivity contribution in [2.45, 2.75) is 32.6 Å². The number of likely N-dealkylation sites (tertiary alicyclic amines) is 1. The van der Waals surface area contributed by atoms with Crippen LogP contribution in [-0.4, -0.2) is 35.0 Å². The number of carboxylic acid groups (broad SMARTS) is 1. The summed E-state index contributed by atoms with van der Waals surface area (Å²) in [5.74, 6) is -0.218. The van der Waals surface area contributed by atoms with Gasteiger partial charge in [0, 0.05) is 29.8 Å². The molecule has 2 fully saturated rings. The van der Waals surface area contributed by atoms with Gasteiger partial charge in [-0.3, -0.25) is 9.59 Å². The van der Waals surface area contributed by atoms with Crippen molar-refractivity contribution >= 4 is 23.2 Å². The summed E-state index contributed by atoms with van der Waals surface area (Å²) >= 11 is 1.72. The van der Waals surface area contributed by atoms with Crippen molar-refractivity contribution in [1.82, 2.24) is 4.90 Å². The van der Waals surface area contributed by atoms with Crippen LogP contribution in [0.15, 0.2) is 11.4 Å².